The molecule has 1 nitrogen and oxygen atoms in total. The van der Waals surface area contributed by atoms with Gasteiger partial charge >= 0.3 is 0 Å². The van der Waals surface area contributed by atoms with E-state index < -0.39 is 0 Å². The molecule has 0 unspecified atom stereocenters. The van der Waals surface area contributed by atoms with Gasteiger partial charge in [0, 0.05) is 0 Å². The van der Waals surface area contributed by atoms with Crippen LogP contribution in [0.2, 0.25) is 0 Å². The fraction of sp³-hybridized carbons (Fsp3) is 0.500. The van der Waals surface area contributed by atoms with Crippen molar-refractivity contribution < 1.29 is 4.39 Å². The largest absolute Gasteiger partial charge is 0.238 e. The van der Waals surface area contributed by atoms with E-state index in [0.717, 1.165) is 21.7 Å². The van der Waals surface area contributed by atoms with Crippen molar-refractivity contribution in [1.29, 1.82) is 0 Å². The summed E-state index contributed by atoms with van der Waals surface area (Å²) < 4.78 is 14.3. The first kappa shape index (κ1) is 16.0. The molecule has 3 heteroatoms. The van der Waals surface area contributed by atoms with Crippen molar-refractivity contribution in [3.8, 4) is 0 Å². The van der Waals surface area contributed by atoms with Crippen LogP contribution < -0.4 is 0 Å². The van der Waals surface area contributed by atoms with E-state index in [2.05, 4.69) is 4.98 Å². The highest BCUT2D eigenvalue weighted by Gasteiger charge is 2.07. The summed E-state index contributed by atoms with van der Waals surface area (Å²) in [7, 11) is 0. The predicted octanol–water partition coefficient (Wildman–Crippen LogP) is 5.36. The molecule has 0 spiro atoms. The fourth-order valence-electron chi connectivity index (χ4n) is 1.31. The van der Waals surface area contributed by atoms with Gasteiger partial charge in [-0.05, 0) is 31.0 Å². The van der Waals surface area contributed by atoms with Gasteiger partial charge in [-0.25, -0.2) is 9.37 Å². The molecule has 0 saturated carbocycles. The smallest absolute Gasteiger partial charge is 0.150 e. The van der Waals surface area contributed by atoms with E-state index in [-0.39, 0.29) is 5.82 Å². The lowest BCUT2D eigenvalue weighted by Crippen LogP contribution is -1.81. The lowest BCUT2D eigenvalue weighted by Gasteiger charge is -1.92. The van der Waals surface area contributed by atoms with Crippen LogP contribution in [0.25, 0.3) is 10.2 Å². The maximum absolute atomic E-state index is 13.3. The van der Waals surface area contributed by atoms with E-state index in [1.807, 2.05) is 47.6 Å². The van der Waals surface area contributed by atoms with Crippen LogP contribution in [-0.2, 0) is 6.42 Å². The molecule has 17 heavy (non-hydrogen) atoms. The molecule has 1 aromatic heterocycles. The van der Waals surface area contributed by atoms with Gasteiger partial charge in [0.25, 0.3) is 0 Å². The number of benzene rings is 1. The number of aryl methyl sites for hydroxylation is 2. The van der Waals surface area contributed by atoms with Gasteiger partial charge in [0.15, 0.2) is 5.82 Å². The Kier molecular flexibility index (Phi) is 7.72. The van der Waals surface area contributed by atoms with Crippen molar-refractivity contribution in [1.82, 2.24) is 4.98 Å². The standard InChI is InChI=1S/C10H10FNS.2C2H6/c1-3-9-12-10-7(11)4-6(2)5-8(10)13-9;2*1-2/h4-5H,3H2,1-2H3;2*1-2H3. The molecule has 0 radical (unpaired) electrons. The minimum Gasteiger partial charge on any atom is -0.238 e. The molecule has 0 fully saturated rings. The molecule has 2 rings (SSSR count). The van der Waals surface area contributed by atoms with Crippen LogP contribution >= 0.6 is 11.3 Å². The summed E-state index contributed by atoms with van der Waals surface area (Å²) in [6.07, 6.45) is 0.873. The van der Waals surface area contributed by atoms with Gasteiger partial charge < -0.3 is 0 Å². The van der Waals surface area contributed by atoms with Crippen LogP contribution in [-0.4, -0.2) is 4.98 Å². The summed E-state index contributed by atoms with van der Waals surface area (Å²) in [4.78, 5) is 4.22. The molecule has 0 saturated heterocycles. The molecule has 2 aromatic rings. The van der Waals surface area contributed by atoms with E-state index in [1.54, 1.807) is 11.3 Å². The Labute approximate surface area is 108 Å². The third kappa shape index (κ3) is 4.08. The molecule has 0 aliphatic rings. The van der Waals surface area contributed by atoms with E-state index in [0.29, 0.717) is 5.52 Å². The molecule has 0 N–H and O–H groups in total. The maximum Gasteiger partial charge on any atom is 0.150 e. The van der Waals surface area contributed by atoms with Crippen molar-refractivity contribution >= 4 is 21.6 Å². The number of thiazole rings is 1. The van der Waals surface area contributed by atoms with Gasteiger partial charge in [-0.15, -0.1) is 11.3 Å². The van der Waals surface area contributed by atoms with Crippen molar-refractivity contribution in [3.05, 3.63) is 28.5 Å². The first-order valence-electron chi connectivity index (χ1n) is 6.26. The highest BCUT2D eigenvalue weighted by Crippen LogP contribution is 2.25. The Morgan fingerprint density at radius 3 is 2.29 bits per heavy atom. The molecular formula is C14H22FNS. The van der Waals surface area contributed by atoms with Crippen LogP contribution in [0.1, 0.15) is 45.2 Å². The van der Waals surface area contributed by atoms with Crippen LogP contribution in [0.15, 0.2) is 12.1 Å². The number of fused-ring (bicyclic) bond motifs is 1. The van der Waals surface area contributed by atoms with Crippen LogP contribution in [0.5, 0.6) is 0 Å². The second kappa shape index (κ2) is 8.18. The predicted molar refractivity (Wildman–Crippen MR) is 76.4 cm³/mol. The lowest BCUT2D eigenvalue weighted by atomic mass is 10.2. The Morgan fingerprint density at radius 1 is 1.18 bits per heavy atom. The molecule has 0 aliphatic heterocycles. The summed E-state index contributed by atoms with van der Waals surface area (Å²) in [6.45, 7) is 11.9. The van der Waals surface area contributed by atoms with Crippen LogP contribution in [0, 0.1) is 12.7 Å². The third-order valence-corrected chi connectivity index (χ3v) is 3.09. The molecule has 96 valence electrons. The molecule has 0 bridgehead atoms. The summed E-state index contributed by atoms with van der Waals surface area (Å²) in [6, 6.07) is 3.51. The van der Waals surface area contributed by atoms with Crippen molar-refractivity contribution in [2.45, 2.75) is 48.0 Å². The monoisotopic (exact) mass is 255 g/mol. The van der Waals surface area contributed by atoms with Crippen molar-refractivity contribution in [2.75, 3.05) is 0 Å². The fourth-order valence-corrected chi connectivity index (χ4v) is 2.33. The van der Waals surface area contributed by atoms with Crippen LogP contribution in [0.3, 0.4) is 0 Å². The molecule has 1 heterocycles. The van der Waals surface area contributed by atoms with Gasteiger partial charge in [0.2, 0.25) is 0 Å². The van der Waals surface area contributed by atoms with Crippen molar-refractivity contribution in [3.63, 3.8) is 0 Å². The first-order chi connectivity index (χ1) is 8.20. The average Bonchev–Trinajstić information content (AvgIpc) is 2.77. The van der Waals surface area contributed by atoms with E-state index >= 15 is 0 Å². The number of hydrogen-bond donors (Lipinski definition) is 0. The first-order valence-corrected chi connectivity index (χ1v) is 7.08. The second-order valence-corrected chi connectivity index (χ2v) is 4.17. The van der Waals surface area contributed by atoms with Crippen LogP contribution in [0.4, 0.5) is 4.39 Å². The van der Waals surface area contributed by atoms with E-state index in [9.17, 15) is 4.39 Å². The second-order valence-electron chi connectivity index (χ2n) is 3.05. The van der Waals surface area contributed by atoms with Gasteiger partial charge in [0.1, 0.15) is 5.52 Å². The summed E-state index contributed by atoms with van der Waals surface area (Å²) in [5.74, 6) is -0.203. The highest BCUT2D eigenvalue weighted by molar-refractivity contribution is 7.18. The topological polar surface area (TPSA) is 12.9 Å². The highest BCUT2D eigenvalue weighted by atomic mass is 32.1. The van der Waals surface area contributed by atoms with E-state index in [1.165, 1.54) is 6.07 Å². The normalized spacial score (nSPS) is 9.12. The summed E-state index contributed by atoms with van der Waals surface area (Å²) >= 11 is 1.57. The summed E-state index contributed by atoms with van der Waals surface area (Å²) in [5, 5.41) is 1.000. The minimum atomic E-state index is -0.203. The minimum absolute atomic E-state index is 0.203. The average molecular weight is 255 g/mol. The lowest BCUT2D eigenvalue weighted by molar-refractivity contribution is 0.636. The Bertz CT molecular complexity index is 449. The number of aromatic nitrogens is 1. The van der Waals surface area contributed by atoms with Gasteiger partial charge in [-0.2, -0.15) is 0 Å². The molecule has 0 atom stereocenters. The Balaban J connectivity index is 0.000000581. The zero-order chi connectivity index (χ0) is 13.4. The number of hydrogen-bond acceptors (Lipinski definition) is 2. The Hall–Kier alpha value is -0.960. The number of halogens is 1. The number of nitrogens with zero attached hydrogens (tertiary/aromatic N) is 1. The molecule has 0 amide bonds. The van der Waals surface area contributed by atoms with Gasteiger partial charge in [-0.1, -0.05) is 34.6 Å². The zero-order valence-corrected chi connectivity index (χ0v) is 12.4. The van der Waals surface area contributed by atoms with E-state index in [4.69, 9.17) is 0 Å². The van der Waals surface area contributed by atoms with Gasteiger partial charge in [0.05, 0.1) is 9.71 Å². The zero-order valence-electron chi connectivity index (χ0n) is 11.6. The van der Waals surface area contributed by atoms with Gasteiger partial charge in [-0.3, -0.25) is 0 Å². The molecule has 1 aromatic carbocycles. The number of rotatable bonds is 1. The molecular weight excluding hydrogens is 233 g/mol. The molecule has 0 aliphatic carbocycles. The summed E-state index contributed by atoms with van der Waals surface area (Å²) in [5.41, 5.74) is 1.48. The van der Waals surface area contributed by atoms with Crippen molar-refractivity contribution in [2.24, 2.45) is 0 Å². The SMILES string of the molecule is CC.CC.CCc1nc2c(F)cc(C)cc2s1. The Morgan fingerprint density at radius 2 is 1.76 bits per heavy atom. The maximum atomic E-state index is 13.3. The third-order valence-electron chi connectivity index (χ3n) is 1.94. The quantitative estimate of drug-likeness (QED) is 0.668.